The maximum absolute atomic E-state index is 11.7. The van der Waals surface area contributed by atoms with Crippen LogP contribution in [0.1, 0.15) is 0 Å². The van der Waals surface area contributed by atoms with Crippen molar-refractivity contribution in [1.82, 2.24) is 4.90 Å². The van der Waals surface area contributed by atoms with E-state index in [9.17, 15) is 18.0 Å². The number of amides is 1. The van der Waals surface area contributed by atoms with Crippen molar-refractivity contribution in [1.29, 1.82) is 0 Å². The molecule has 102 valence electrons. The third kappa shape index (κ3) is 8.90. The highest BCUT2D eigenvalue weighted by molar-refractivity contribution is 5.77. The number of alkyl halides is 3. The Balaban J connectivity index is 3.82. The molecule has 0 bridgehead atoms. The number of carbonyl (C=O) groups is 1. The molecule has 5 nitrogen and oxygen atoms in total. The van der Waals surface area contributed by atoms with Gasteiger partial charge < -0.3 is 20.1 Å². The number of halogens is 3. The standard InChI is InChI=1S/C9H17F3N2O3/c1-14(3-7(13)4-16-2)8(15)5-17-6-9(10,11)12/h7H,3-6,13H2,1-2H3. The molecule has 2 N–H and O–H groups in total. The molecule has 1 amide bonds. The van der Waals surface area contributed by atoms with Gasteiger partial charge in [0.05, 0.1) is 6.61 Å². The van der Waals surface area contributed by atoms with Crippen molar-refractivity contribution in [3.8, 4) is 0 Å². The van der Waals surface area contributed by atoms with E-state index in [1.807, 2.05) is 0 Å². The van der Waals surface area contributed by atoms with E-state index >= 15 is 0 Å². The van der Waals surface area contributed by atoms with Crippen molar-refractivity contribution < 1.29 is 27.4 Å². The summed E-state index contributed by atoms with van der Waals surface area (Å²) >= 11 is 0. The molecule has 0 aromatic heterocycles. The minimum atomic E-state index is -4.43. The summed E-state index contributed by atoms with van der Waals surface area (Å²) < 4.78 is 44.2. The SMILES string of the molecule is COCC(N)CN(C)C(=O)COCC(F)(F)F. The highest BCUT2D eigenvalue weighted by Crippen LogP contribution is 2.14. The number of nitrogens with two attached hydrogens (primary N) is 1. The fourth-order valence-corrected chi connectivity index (χ4v) is 1.08. The Labute approximate surface area is 97.6 Å². The molecule has 8 heteroatoms. The largest absolute Gasteiger partial charge is 0.411 e. The second kappa shape index (κ2) is 7.46. The zero-order chi connectivity index (χ0) is 13.5. The Morgan fingerprint density at radius 1 is 1.47 bits per heavy atom. The number of methoxy groups -OCH3 is 1. The van der Waals surface area contributed by atoms with Crippen LogP contribution in [0.4, 0.5) is 13.2 Å². The molecule has 0 aliphatic heterocycles. The van der Waals surface area contributed by atoms with E-state index in [-0.39, 0.29) is 19.2 Å². The smallest absolute Gasteiger partial charge is 0.383 e. The number of ether oxygens (including phenoxy) is 2. The van der Waals surface area contributed by atoms with Crippen LogP contribution in [0.25, 0.3) is 0 Å². The van der Waals surface area contributed by atoms with Gasteiger partial charge in [-0.1, -0.05) is 0 Å². The normalized spacial score (nSPS) is 13.5. The first-order valence-electron chi connectivity index (χ1n) is 4.89. The Morgan fingerprint density at radius 3 is 2.53 bits per heavy atom. The van der Waals surface area contributed by atoms with E-state index in [0.29, 0.717) is 0 Å². The first-order valence-corrected chi connectivity index (χ1v) is 4.89. The van der Waals surface area contributed by atoms with Crippen LogP contribution in [0.15, 0.2) is 0 Å². The maximum atomic E-state index is 11.7. The van der Waals surface area contributed by atoms with E-state index in [0.717, 1.165) is 0 Å². The number of carbonyl (C=O) groups excluding carboxylic acids is 1. The molecule has 0 aliphatic carbocycles. The summed E-state index contributed by atoms with van der Waals surface area (Å²) in [5, 5.41) is 0. The molecule has 0 fully saturated rings. The minimum absolute atomic E-state index is 0.196. The van der Waals surface area contributed by atoms with E-state index in [2.05, 4.69) is 4.74 Å². The van der Waals surface area contributed by atoms with Crippen molar-refractivity contribution in [2.24, 2.45) is 5.73 Å². The van der Waals surface area contributed by atoms with Gasteiger partial charge >= 0.3 is 6.18 Å². The third-order valence-electron chi connectivity index (χ3n) is 1.81. The van der Waals surface area contributed by atoms with Gasteiger partial charge in [0.25, 0.3) is 0 Å². The van der Waals surface area contributed by atoms with E-state index in [1.54, 1.807) is 0 Å². The molecule has 0 heterocycles. The highest BCUT2D eigenvalue weighted by Gasteiger charge is 2.28. The van der Waals surface area contributed by atoms with Gasteiger partial charge in [0.2, 0.25) is 5.91 Å². The quantitative estimate of drug-likeness (QED) is 0.698. The molecule has 17 heavy (non-hydrogen) atoms. The van der Waals surface area contributed by atoms with Crippen molar-refractivity contribution in [2.45, 2.75) is 12.2 Å². The number of hydrogen-bond acceptors (Lipinski definition) is 4. The van der Waals surface area contributed by atoms with Crippen molar-refractivity contribution in [2.75, 3.05) is 40.5 Å². The Kier molecular flexibility index (Phi) is 7.09. The molecule has 0 aromatic rings. The average molecular weight is 258 g/mol. The van der Waals surface area contributed by atoms with Crippen LogP contribution < -0.4 is 5.73 Å². The Hall–Kier alpha value is -0.860. The van der Waals surface area contributed by atoms with E-state index in [1.165, 1.54) is 19.1 Å². The number of hydrogen-bond donors (Lipinski definition) is 1. The summed E-state index contributed by atoms with van der Waals surface area (Å²) in [5.74, 6) is -0.555. The van der Waals surface area contributed by atoms with Crippen LogP contribution in [0.2, 0.25) is 0 Å². The van der Waals surface area contributed by atoms with Gasteiger partial charge in [-0.15, -0.1) is 0 Å². The van der Waals surface area contributed by atoms with Gasteiger partial charge in [-0.2, -0.15) is 13.2 Å². The molecule has 1 atom stereocenters. The lowest BCUT2D eigenvalue weighted by atomic mass is 10.3. The van der Waals surface area contributed by atoms with Crippen LogP contribution in [0.3, 0.4) is 0 Å². The molecule has 0 aliphatic rings. The maximum Gasteiger partial charge on any atom is 0.411 e. The molecule has 1 unspecified atom stereocenters. The van der Waals surface area contributed by atoms with Gasteiger partial charge in [-0.05, 0) is 0 Å². The Morgan fingerprint density at radius 2 is 2.06 bits per heavy atom. The summed E-state index contributed by atoms with van der Waals surface area (Å²) in [5.41, 5.74) is 5.58. The number of nitrogens with zero attached hydrogens (tertiary/aromatic N) is 1. The van der Waals surface area contributed by atoms with Crippen LogP contribution >= 0.6 is 0 Å². The van der Waals surface area contributed by atoms with Gasteiger partial charge in [-0.3, -0.25) is 4.79 Å². The first kappa shape index (κ1) is 16.1. The lowest BCUT2D eigenvalue weighted by Crippen LogP contribution is -2.42. The summed E-state index contributed by atoms with van der Waals surface area (Å²) in [6, 6.07) is -0.378. The second-order valence-electron chi connectivity index (χ2n) is 3.60. The number of likely N-dealkylation sites (N-methyl/N-ethyl adjacent to an activating group) is 1. The molecule has 0 spiro atoms. The van der Waals surface area contributed by atoms with Crippen molar-refractivity contribution in [3.05, 3.63) is 0 Å². The van der Waals surface area contributed by atoms with Crippen LogP contribution in [0.5, 0.6) is 0 Å². The molecule has 0 saturated heterocycles. The fourth-order valence-electron chi connectivity index (χ4n) is 1.08. The van der Waals surface area contributed by atoms with Crippen LogP contribution in [-0.4, -0.2) is 63.5 Å². The summed E-state index contributed by atoms with van der Waals surface area (Å²) in [6.07, 6.45) is -4.43. The van der Waals surface area contributed by atoms with Gasteiger partial charge in [0.1, 0.15) is 13.2 Å². The van der Waals surface area contributed by atoms with Crippen molar-refractivity contribution in [3.63, 3.8) is 0 Å². The van der Waals surface area contributed by atoms with Gasteiger partial charge in [0, 0.05) is 26.7 Å². The summed E-state index contributed by atoms with van der Waals surface area (Å²) in [7, 11) is 2.91. The molecule has 0 radical (unpaired) electrons. The zero-order valence-corrected chi connectivity index (χ0v) is 9.79. The topological polar surface area (TPSA) is 64.8 Å². The fraction of sp³-hybridized carbons (Fsp3) is 0.889. The second-order valence-corrected chi connectivity index (χ2v) is 3.60. The summed E-state index contributed by atoms with van der Waals surface area (Å²) in [4.78, 5) is 12.5. The van der Waals surface area contributed by atoms with Gasteiger partial charge in [-0.25, -0.2) is 0 Å². The summed E-state index contributed by atoms with van der Waals surface area (Å²) in [6.45, 7) is -1.59. The lowest BCUT2D eigenvalue weighted by Gasteiger charge is -2.21. The van der Waals surface area contributed by atoms with Crippen LogP contribution in [0, 0.1) is 0 Å². The molecular formula is C9H17F3N2O3. The lowest BCUT2D eigenvalue weighted by molar-refractivity contribution is -0.177. The average Bonchev–Trinajstić information content (AvgIpc) is 2.15. The monoisotopic (exact) mass is 258 g/mol. The van der Waals surface area contributed by atoms with Crippen LogP contribution in [-0.2, 0) is 14.3 Å². The Bertz CT molecular complexity index is 236. The highest BCUT2D eigenvalue weighted by atomic mass is 19.4. The van der Waals surface area contributed by atoms with E-state index < -0.39 is 25.3 Å². The van der Waals surface area contributed by atoms with E-state index in [4.69, 9.17) is 10.5 Å². The minimum Gasteiger partial charge on any atom is -0.383 e. The molecular weight excluding hydrogens is 241 g/mol. The first-order chi connectivity index (χ1) is 7.76. The predicted molar refractivity (Wildman–Crippen MR) is 54.4 cm³/mol. The third-order valence-corrected chi connectivity index (χ3v) is 1.81. The van der Waals surface area contributed by atoms with Crippen molar-refractivity contribution >= 4 is 5.91 Å². The predicted octanol–water partition coefficient (Wildman–Crippen LogP) is -0.00260. The zero-order valence-electron chi connectivity index (χ0n) is 9.79. The number of rotatable bonds is 7. The molecule has 0 saturated carbocycles. The van der Waals surface area contributed by atoms with Gasteiger partial charge in [0.15, 0.2) is 0 Å². The molecule has 0 aromatic carbocycles. The molecule has 0 rings (SSSR count).